The first-order valence-electron chi connectivity index (χ1n) is 4.55. The van der Waals surface area contributed by atoms with Gasteiger partial charge < -0.3 is 4.74 Å². The molecule has 92 valence electrons. The van der Waals surface area contributed by atoms with Crippen molar-refractivity contribution in [1.29, 1.82) is 5.26 Å². The van der Waals surface area contributed by atoms with Gasteiger partial charge in [-0.2, -0.15) is 5.26 Å². The minimum Gasteiger partial charge on any atom is -0.404 e. The van der Waals surface area contributed by atoms with Crippen LogP contribution in [0, 0.1) is 18.3 Å². The maximum Gasteiger partial charge on any atom is 0.573 e. The molecule has 0 aliphatic rings. The van der Waals surface area contributed by atoms with Gasteiger partial charge in [0.1, 0.15) is 0 Å². The Balaban J connectivity index is 3.18. The zero-order valence-corrected chi connectivity index (χ0v) is 9.56. The number of nitrogens with zero attached hydrogens (tertiary/aromatic N) is 2. The monoisotopic (exact) mass is 264 g/mol. The Morgan fingerprint density at radius 2 is 2.18 bits per heavy atom. The summed E-state index contributed by atoms with van der Waals surface area (Å²) >= 11 is 5.49. The minimum absolute atomic E-state index is 0.00295. The van der Waals surface area contributed by atoms with Gasteiger partial charge in [-0.05, 0) is 18.6 Å². The molecule has 0 N–H and O–H groups in total. The molecule has 1 rings (SSSR count). The van der Waals surface area contributed by atoms with Crippen molar-refractivity contribution in [2.75, 3.05) is 0 Å². The normalized spacial score (nSPS) is 11.1. The van der Waals surface area contributed by atoms with Gasteiger partial charge >= 0.3 is 6.36 Å². The second-order valence-electron chi connectivity index (χ2n) is 3.19. The van der Waals surface area contributed by atoms with Crippen LogP contribution < -0.4 is 4.74 Å². The van der Waals surface area contributed by atoms with Crippen LogP contribution in [0.3, 0.4) is 0 Å². The van der Waals surface area contributed by atoms with Crippen molar-refractivity contribution in [1.82, 2.24) is 4.98 Å². The molecule has 0 bridgehead atoms. The predicted molar refractivity (Wildman–Crippen MR) is 54.5 cm³/mol. The third-order valence-electron chi connectivity index (χ3n) is 1.98. The molecule has 0 amide bonds. The van der Waals surface area contributed by atoms with Crippen molar-refractivity contribution in [3.05, 3.63) is 23.0 Å². The van der Waals surface area contributed by atoms with E-state index in [0.29, 0.717) is 11.3 Å². The van der Waals surface area contributed by atoms with Gasteiger partial charge in [0.2, 0.25) is 0 Å². The molecular weight excluding hydrogens is 257 g/mol. The standard InChI is InChI=1S/C10H8ClF3N2O/c1-6-7(2-3-15)4-9(8(5-11)16-6)17-10(12,13)14/h4H,2,5H2,1H3. The molecule has 0 unspecified atom stereocenters. The van der Waals surface area contributed by atoms with Crippen molar-refractivity contribution in [3.63, 3.8) is 0 Å². The Bertz CT molecular complexity index is 454. The van der Waals surface area contributed by atoms with E-state index in [4.69, 9.17) is 16.9 Å². The highest BCUT2D eigenvalue weighted by atomic mass is 35.5. The van der Waals surface area contributed by atoms with Crippen LogP contribution in [0.4, 0.5) is 13.2 Å². The SMILES string of the molecule is Cc1nc(CCl)c(OC(F)(F)F)cc1CC#N. The molecule has 0 aliphatic heterocycles. The molecular formula is C10H8ClF3N2O. The van der Waals surface area contributed by atoms with Crippen LogP contribution in [-0.4, -0.2) is 11.3 Å². The number of hydrogen-bond acceptors (Lipinski definition) is 3. The van der Waals surface area contributed by atoms with Crippen LogP contribution in [0.25, 0.3) is 0 Å². The van der Waals surface area contributed by atoms with Crippen LogP contribution >= 0.6 is 11.6 Å². The molecule has 17 heavy (non-hydrogen) atoms. The smallest absolute Gasteiger partial charge is 0.404 e. The van der Waals surface area contributed by atoms with E-state index < -0.39 is 12.1 Å². The number of hydrogen-bond donors (Lipinski definition) is 0. The number of rotatable bonds is 3. The number of ether oxygens (including phenoxy) is 1. The third-order valence-corrected chi connectivity index (χ3v) is 2.23. The summed E-state index contributed by atoms with van der Waals surface area (Å²) in [5.74, 6) is -0.651. The quantitative estimate of drug-likeness (QED) is 0.788. The third kappa shape index (κ3) is 3.79. The lowest BCUT2D eigenvalue weighted by Crippen LogP contribution is -2.19. The summed E-state index contributed by atoms with van der Waals surface area (Å²) in [6, 6.07) is 2.99. The highest BCUT2D eigenvalue weighted by Gasteiger charge is 2.32. The maximum absolute atomic E-state index is 12.1. The summed E-state index contributed by atoms with van der Waals surface area (Å²) in [5.41, 5.74) is 0.862. The Morgan fingerprint density at radius 1 is 1.53 bits per heavy atom. The molecule has 1 heterocycles. The van der Waals surface area contributed by atoms with Gasteiger partial charge in [0.15, 0.2) is 5.75 Å². The van der Waals surface area contributed by atoms with Crippen LogP contribution in [0.15, 0.2) is 6.07 Å². The molecule has 0 atom stereocenters. The zero-order valence-electron chi connectivity index (χ0n) is 8.81. The molecule has 0 fully saturated rings. The van der Waals surface area contributed by atoms with Gasteiger partial charge in [0, 0.05) is 5.69 Å². The molecule has 0 saturated heterocycles. The van der Waals surface area contributed by atoms with E-state index in [0.717, 1.165) is 6.07 Å². The van der Waals surface area contributed by atoms with Crippen molar-refractivity contribution in [2.24, 2.45) is 0 Å². The number of aryl methyl sites for hydroxylation is 1. The number of halogens is 4. The first-order valence-corrected chi connectivity index (χ1v) is 5.09. The Kier molecular flexibility index (Phi) is 4.18. The summed E-state index contributed by atoms with van der Waals surface area (Å²) in [7, 11) is 0. The number of aromatic nitrogens is 1. The predicted octanol–water partition coefficient (Wildman–Crippen LogP) is 3.09. The molecule has 7 heteroatoms. The second-order valence-corrected chi connectivity index (χ2v) is 3.46. The van der Waals surface area contributed by atoms with E-state index in [1.807, 2.05) is 6.07 Å². The van der Waals surface area contributed by atoms with Gasteiger partial charge in [-0.25, -0.2) is 0 Å². The molecule has 1 aromatic heterocycles. The van der Waals surface area contributed by atoms with E-state index in [9.17, 15) is 13.2 Å². The number of nitriles is 1. The Hall–Kier alpha value is -1.48. The van der Waals surface area contributed by atoms with Gasteiger partial charge in [-0.15, -0.1) is 24.8 Å². The molecule has 3 nitrogen and oxygen atoms in total. The van der Waals surface area contributed by atoms with E-state index in [1.54, 1.807) is 6.92 Å². The van der Waals surface area contributed by atoms with Gasteiger partial charge in [0.25, 0.3) is 0 Å². The summed E-state index contributed by atoms with van der Waals surface area (Å²) in [5, 5.41) is 8.53. The fourth-order valence-electron chi connectivity index (χ4n) is 1.25. The molecule has 1 aromatic rings. The highest BCUT2D eigenvalue weighted by Crippen LogP contribution is 2.28. The summed E-state index contributed by atoms with van der Waals surface area (Å²) in [6.07, 6.45) is -4.84. The summed E-state index contributed by atoms with van der Waals surface area (Å²) < 4.78 is 40.2. The van der Waals surface area contributed by atoms with E-state index in [2.05, 4.69) is 9.72 Å². The molecule has 0 saturated carbocycles. The van der Waals surface area contributed by atoms with Gasteiger partial charge in [0.05, 0.1) is 24.1 Å². The average Bonchev–Trinajstić information content (AvgIpc) is 2.20. The fourth-order valence-corrected chi connectivity index (χ4v) is 1.44. The van der Waals surface area contributed by atoms with E-state index >= 15 is 0 Å². The topological polar surface area (TPSA) is 45.9 Å². The zero-order chi connectivity index (χ0) is 13.1. The van der Waals surface area contributed by atoms with Crippen molar-refractivity contribution >= 4 is 11.6 Å². The van der Waals surface area contributed by atoms with E-state index in [1.165, 1.54) is 0 Å². The number of pyridine rings is 1. The molecule has 0 spiro atoms. The van der Waals surface area contributed by atoms with Gasteiger partial charge in [-0.3, -0.25) is 4.98 Å². The Morgan fingerprint density at radius 3 is 2.65 bits per heavy atom. The van der Waals surface area contributed by atoms with Gasteiger partial charge in [-0.1, -0.05) is 0 Å². The van der Waals surface area contributed by atoms with Crippen molar-refractivity contribution in [3.8, 4) is 11.8 Å². The number of alkyl halides is 4. The van der Waals surface area contributed by atoms with Crippen LogP contribution in [0.5, 0.6) is 5.75 Å². The lowest BCUT2D eigenvalue weighted by atomic mass is 10.1. The lowest BCUT2D eigenvalue weighted by Gasteiger charge is -2.13. The van der Waals surface area contributed by atoms with E-state index in [-0.39, 0.29) is 18.0 Å². The average molecular weight is 265 g/mol. The second kappa shape index (κ2) is 5.23. The Labute approximate surface area is 101 Å². The summed E-state index contributed by atoms with van der Waals surface area (Å²) in [4.78, 5) is 3.89. The highest BCUT2D eigenvalue weighted by molar-refractivity contribution is 6.17. The summed E-state index contributed by atoms with van der Waals surface area (Å²) in [6.45, 7) is 1.60. The van der Waals surface area contributed by atoms with Crippen molar-refractivity contribution < 1.29 is 17.9 Å². The minimum atomic E-state index is -4.80. The largest absolute Gasteiger partial charge is 0.573 e. The van der Waals surface area contributed by atoms with Crippen LogP contribution in [0.2, 0.25) is 0 Å². The molecule has 0 aliphatic carbocycles. The molecule has 0 aromatic carbocycles. The fraction of sp³-hybridized carbons (Fsp3) is 0.400. The first-order chi connectivity index (χ1) is 7.87. The van der Waals surface area contributed by atoms with Crippen LogP contribution in [-0.2, 0) is 12.3 Å². The first kappa shape index (κ1) is 13.6. The maximum atomic E-state index is 12.1. The molecule has 0 radical (unpaired) electrons. The lowest BCUT2D eigenvalue weighted by molar-refractivity contribution is -0.275. The van der Waals surface area contributed by atoms with Crippen LogP contribution in [0.1, 0.15) is 17.0 Å². The van der Waals surface area contributed by atoms with Crippen molar-refractivity contribution in [2.45, 2.75) is 25.6 Å².